The van der Waals surface area contributed by atoms with Crippen LogP contribution in [0.4, 0.5) is 0 Å². The zero-order valence-electron chi connectivity index (χ0n) is 38.4. The molecule has 2 atom stereocenters. The second-order valence-corrected chi connectivity index (χ2v) is 14.8. The average molecular weight is 996 g/mol. The quantitative estimate of drug-likeness (QED) is 0.0247. The highest BCUT2D eigenvalue weighted by atomic mass is 35.5. The smallest absolute Gasteiger partial charge is 0.310 e. The van der Waals surface area contributed by atoms with Gasteiger partial charge < -0.3 is 44.4 Å². The van der Waals surface area contributed by atoms with Crippen molar-refractivity contribution in [1.29, 1.82) is 0 Å². The molecule has 2 amide bonds. The number of halogens is 2. The number of pyridine rings is 2. The van der Waals surface area contributed by atoms with Crippen LogP contribution in [-0.2, 0) is 56.3 Å². The van der Waals surface area contributed by atoms with Crippen molar-refractivity contribution in [3.05, 3.63) is 188 Å². The first-order valence-electron chi connectivity index (χ1n) is 20.8. The minimum absolute atomic E-state index is 0.0783. The molecule has 0 aliphatic carbocycles. The molecule has 0 fully saturated rings. The van der Waals surface area contributed by atoms with Crippen LogP contribution in [0.5, 0.6) is 11.8 Å². The van der Waals surface area contributed by atoms with E-state index < -0.39 is 24.1 Å². The van der Waals surface area contributed by atoms with E-state index in [4.69, 9.17) is 47.1 Å². The van der Waals surface area contributed by atoms with Crippen LogP contribution in [0.25, 0.3) is 0 Å². The third-order valence-electron chi connectivity index (χ3n) is 9.42. The van der Waals surface area contributed by atoms with E-state index in [1.165, 1.54) is 40.7 Å². The molecule has 0 aliphatic rings. The van der Waals surface area contributed by atoms with E-state index in [2.05, 4.69) is 35.6 Å². The lowest BCUT2D eigenvalue weighted by Crippen LogP contribution is -2.29. The van der Waals surface area contributed by atoms with Gasteiger partial charge >= 0.3 is 12.4 Å². The molecule has 18 nitrogen and oxygen atoms in total. The van der Waals surface area contributed by atoms with Crippen LogP contribution in [0.3, 0.4) is 0 Å². The van der Waals surface area contributed by atoms with Crippen molar-refractivity contribution >= 4 is 65.4 Å². The molecule has 2 unspecified atom stereocenters. The molecule has 70 heavy (non-hydrogen) atoms. The normalized spacial score (nSPS) is 11.6. The predicted molar refractivity (Wildman–Crippen MR) is 259 cm³/mol. The molecule has 0 spiro atoms. The number of oxime groups is 2. The summed E-state index contributed by atoms with van der Waals surface area (Å²) < 4.78 is 20.6. The van der Waals surface area contributed by atoms with E-state index >= 15 is 0 Å². The summed E-state index contributed by atoms with van der Waals surface area (Å²) in [6.45, 7) is 1.83. The van der Waals surface area contributed by atoms with Crippen molar-refractivity contribution in [2.45, 2.75) is 32.3 Å². The van der Waals surface area contributed by atoms with Gasteiger partial charge in [0.2, 0.25) is 11.8 Å². The summed E-state index contributed by atoms with van der Waals surface area (Å²) in [6, 6.07) is 36.0. The van der Waals surface area contributed by atoms with Gasteiger partial charge in [-0.3, -0.25) is 24.0 Å². The molecule has 0 radical (unpaired) electrons. The number of benzene rings is 4. The van der Waals surface area contributed by atoms with Crippen LogP contribution in [0.1, 0.15) is 63.6 Å². The lowest BCUT2D eigenvalue weighted by molar-refractivity contribution is -0.149. The topological polar surface area (TPSA) is 236 Å². The van der Waals surface area contributed by atoms with E-state index in [1.54, 1.807) is 42.5 Å². The van der Waals surface area contributed by atoms with Crippen LogP contribution in [-0.4, -0.2) is 85.5 Å². The van der Waals surface area contributed by atoms with Crippen LogP contribution in [0.15, 0.2) is 144 Å². The number of hydrogen-bond donors (Lipinski definition) is 3. The molecule has 0 bridgehead atoms. The number of aliphatic hydroxyl groups excluding tert-OH is 1. The van der Waals surface area contributed by atoms with Crippen LogP contribution in [0, 0.1) is 0 Å². The Morgan fingerprint density at radius 1 is 0.629 bits per heavy atom. The van der Waals surface area contributed by atoms with Crippen LogP contribution < -0.4 is 20.1 Å². The first kappa shape index (κ1) is 54.4. The fraction of sp³-hybridized carbons (Fsp3) is 0.180. The molecule has 3 N–H and O–H groups in total. The zero-order chi connectivity index (χ0) is 50.8. The Balaban J connectivity index is 0.000000273. The number of nitrogens with one attached hydrogen (secondary N) is 2. The Kier molecular flexibility index (Phi) is 22.4. The highest BCUT2D eigenvalue weighted by Gasteiger charge is 2.21. The maximum Gasteiger partial charge on any atom is 0.310 e. The third kappa shape index (κ3) is 16.0. The monoisotopic (exact) mass is 994 g/mol. The van der Waals surface area contributed by atoms with Gasteiger partial charge in [0.25, 0.3) is 18.3 Å². The minimum Gasteiger partial charge on any atom is -0.472 e. The summed E-state index contributed by atoms with van der Waals surface area (Å²) in [4.78, 5) is 72.4. The van der Waals surface area contributed by atoms with Crippen molar-refractivity contribution in [3.63, 3.8) is 0 Å². The number of aromatic nitrogens is 2. The molecule has 20 heteroatoms. The molecule has 4 aromatic carbocycles. The minimum atomic E-state index is -0.846. The first-order valence-corrected chi connectivity index (χ1v) is 21.5. The second kappa shape index (κ2) is 28.9. The molecule has 2 aromatic heterocycles. The molecule has 0 saturated carbocycles. The molecule has 0 aliphatic heterocycles. The number of esters is 1. The molecule has 6 rings (SSSR count). The van der Waals surface area contributed by atoms with Gasteiger partial charge in [-0.15, -0.1) is 0 Å². The Morgan fingerprint density at radius 2 is 1.06 bits per heavy atom. The number of ether oxygens (including phenoxy) is 4. The van der Waals surface area contributed by atoms with Gasteiger partial charge in [-0.2, -0.15) is 0 Å². The number of rotatable bonds is 19. The van der Waals surface area contributed by atoms with E-state index in [0.29, 0.717) is 39.9 Å². The molecule has 0 saturated heterocycles. The maximum atomic E-state index is 12.2. The van der Waals surface area contributed by atoms with Gasteiger partial charge in [-0.05, 0) is 34.4 Å². The highest BCUT2D eigenvalue weighted by molar-refractivity contribution is 6.46. The van der Waals surface area contributed by atoms with Gasteiger partial charge in [-0.25, -0.2) is 9.97 Å². The number of amides is 2. The second-order valence-electron chi connectivity index (χ2n) is 13.9. The Hall–Kier alpha value is -8.19. The Bertz CT molecular complexity index is 2750. The standard InChI is InChI=1S/C24H22ClN3O5.C23H22ClN3O4.C3H4O3/c1-26-23(30)21(28-31-2)19-11-7-6-10-17(19)14-32-24-20(25)12-18(13-27-24)22(33-15-29)16-8-4-3-5-9-16;1-25-22(29)20(27-30-2)18-11-7-6-10-16(18)14-31-23-19(24)12-17(13-26-23)21(28)15-8-4-3-5-9-15;1-3(5)6-2-4/h3-13,15,22H,14H2,1-2H3,(H,26,30);3-13,21,28H,14H2,1-2H3,(H,25,29);2H,1H3/b28-21+;27-20+;. The number of aliphatic hydroxyl groups is 1. The van der Waals surface area contributed by atoms with E-state index in [-0.39, 0.29) is 58.8 Å². The summed E-state index contributed by atoms with van der Waals surface area (Å²) in [6.07, 6.45) is 1.56. The van der Waals surface area contributed by atoms with Gasteiger partial charge in [-0.1, -0.05) is 143 Å². The van der Waals surface area contributed by atoms with Gasteiger partial charge in [0.05, 0.1) is 0 Å². The largest absolute Gasteiger partial charge is 0.472 e. The molecule has 364 valence electrons. The SMILES string of the molecule is CC(=O)OC=O.CNC(=O)/C(=N/OC)c1ccccc1COc1ncc(C(O)c2ccccc2)cc1Cl.CNC(=O)/C(=N/OC)c1ccccc1COc1ncc(C(OC=O)c2ccccc2)cc1Cl. The maximum absolute atomic E-state index is 12.2. The van der Waals surface area contributed by atoms with Crippen molar-refractivity contribution in [3.8, 4) is 11.8 Å². The number of carbonyl (C=O) groups excluding carboxylic acids is 5. The number of carbonyl (C=O) groups is 5. The fourth-order valence-corrected chi connectivity index (χ4v) is 6.66. The van der Waals surface area contributed by atoms with Crippen molar-refractivity contribution in [1.82, 2.24) is 20.6 Å². The van der Waals surface area contributed by atoms with Crippen molar-refractivity contribution in [2.75, 3.05) is 28.3 Å². The molecular formula is C50H48Cl2N6O12. The Morgan fingerprint density at radius 3 is 1.46 bits per heavy atom. The lowest BCUT2D eigenvalue weighted by atomic mass is 10.0. The molecule has 2 heterocycles. The molecule has 6 aromatic rings. The van der Waals surface area contributed by atoms with Gasteiger partial charge in [0.1, 0.15) is 43.6 Å². The summed E-state index contributed by atoms with van der Waals surface area (Å²) >= 11 is 12.8. The number of nitrogens with zero attached hydrogens (tertiary/aromatic N) is 4. The first-order chi connectivity index (χ1) is 33.9. The van der Waals surface area contributed by atoms with E-state index in [9.17, 15) is 29.1 Å². The van der Waals surface area contributed by atoms with Crippen LogP contribution in [0.2, 0.25) is 10.0 Å². The van der Waals surface area contributed by atoms with E-state index in [0.717, 1.165) is 18.1 Å². The number of hydrogen-bond acceptors (Lipinski definition) is 16. The van der Waals surface area contributed by atoms with Crippen molar-refractivity contribution < 1.29 is 57.7 Å². The fourth-order valence-electron chi connectivity index (χ4n) is 6.21. The average Bonchev–Trinajstić information content (AvgIpc) is 3.38. The number of likely N-dealkylation sites (N-methyl/N-ethyl adjacent to an activating group) is 2. The summed E-state index contributed by atoms with van der Waals surface area (Å²) in [7, 11) is 5.76. The third-order valence-corrected chi connectivity index (χ3v) is 9.96. The summed E-state index contributed by atoms with van der Waals surface area (Å²) in [5.41, 5.74) is 5.42. The zero-order valence-corrected chi connectivity index (χ0v) is 39.9. The Labute approximate surface area is 413 Å². The van der Waals surface area contributed by atoms with Gasteiger partial charge in [0, 0.05) is 55.7 Å². The highest BCUT2D eigenvalue weighted by Crippen LogP contribution is 2.32. The lowest BCUT2D eigenvalue weighted by Gasteiger charge is -2.17. The summed E-state index contributed by atoms with van der Waals surface area (Å²) in [5, 5.41) is 23.8. The predicted octanol–water partition coefficient (Wildman–Crippen LogP) is 6.87. The van der Waals surface area contributed by atoms with Crippen molar-refractivity contribution in [2.24, 2.45) is 10.3 Å². The van der Waals surface area contributed by atoms with E-state index in [1.807, 2.05) is 78.9 Å². The molecular weight excluding hydrogens is 947 g/mol. The van der Waals surface area contributed by atoms with Gasteiger partial charge in [0.15, 0.2) is 17.5 Å². The van der Waals surface area contributed by atoms with Crippen LogP contribution >= 0.6 is 23.2 Å². The summed E-state index contributed by atoms with van der Waals surface area (Å²) in [5.74, 6) is -0.953.